The van der Waals surface area contributed by atoms with Crippen LogP contribution in [0.4, 0.5) is 0 Å². The molecule has 0 saturated heterocycles. The number of carbonyl (C=O) groups is 2. The molecular weight excluding hydrogens is 564 g/mol. The van der Waals surface area contributed by atoms with E-state index >= 15 is 0 Å². The van der Waals surface area contributed by atoms with Crippen molar-refractivity contribution < 1.29 is 9.59 Å². The number of benzene rings is 3. The van der Waals surface area contributed by atoms with Crippen molar-refractivity contribution in [2.45, 2.75) is 25.6 Å². The maximum atomic E-state index is 14.1. The van der Waals surface area contributed by atoms with E-state index in [-0.39, 0.29) is 18.1 Å². The van der Waals surface area contributed by atoms with Crippen molar-refractivity contribution in [1.29, 1.82) is 0 Å². The SMILES string of the molecule is O=C(Cc1ccc2c(c1)CN=C2)C1c2ncc(-c3ccccc3)n2CCN1C(=O)/C=C/c1cc(Cl)ccc1-n1cnnn1. The highest BCUT2D eigenvalue weighted by Crippen LogP contribution is 2.32. The standard InChI is InChI=1S/C32H25ClN8O2/c33-26-9-10-27(41-20-36-37-38-41)23(16-26)8-11-30(43)40-13-12-39-28(22-4-2-1-3-5-22)19-35-32(39)31(40)29(42)15-21-6-7-24-17-34-18-25(24)14-21/h1-11,14,16-17,19-20,31H,12-13,15,18H2/b11-8+. The molecule has 11 heteroatoms. The molecule has 43 heavy (non-hydrogen) atoms. The molecule has 7 rings (SSSR count). The second-order valence-corrected chi connectivity index (χ2v) is 10.8. The Morgan fingerprint density at radius 2 is 1.91 bits per heavy atom. The Morgan fingerprint density at radius 3 is 2.74 bits per heavy atom. The number of ketones is 1. The summed E-state index contributed by atoms with van der Waals surface area (Å²) in [4.78, 5) is 38.5. The van der Waals surface area contributed by atoms with E-state index in [1.54, 1.807) is 35.4 Å². The summed E-state index contributed by atoms with van der Waals surface area (Å²) in [6.45, 7) is 1.46. The first kappa shape index (κ1) is 26.7. The van der Waals surface area contributed by atoms with Crippen molar-refractivity contribution in [3.05, 3.63) is 118 Å². The zero-order valence-electron chi connectivity index (χ0n) is 22.9. The van der Waals surface area contributed by atoms with Crippen molar-refractivity contribution in [2.75, 3.05) is 6.54 Å². The number of Topliss-reactive ketones (excluding diaryl/α,β-unsaturated/α-hetero) is 1. The second kappa shape index (κ2) is 11.2. The molecule has 0 spiro atoms. The molecule has 4 heterocycles. The fourth-order valence-corrected chi connectivity index (χ4v) is 5.86. The van der Waals surface area contributed by atoms with Crippen LogP contribution in [-0.4, -0.2) is 59.1 Å². The number of rotatable bonds is 7. The predicted molar refractivity (Wildman–Crippen MR) is 162 cm³/mol. The Balaban J connectivity index is 1.22. The van der Waals surface area contributed by atoms with Gasteiger partial charge in [0.05, 0.1) is 24.1 Å². The highest BCUT2D eigenvalue weighted by molar-refractivity contribution is 6.30. The maximum absolute atomic E-state index is 14.1. The topological polar surface area (TPSA) is 111 Å². The number of nitrogens with zero attached hydrogens (tertiary/aromatic N) is 8. The van der Waals surface area contributed by atoms with E-state index in [4.69, 9.17) is 16.6 Å². The first-order valence-electron chi connectivity index (χ1n) is 13.8. The normalized spacial score (nSPS) is 15.6. The van der Waals surface area contributed by atoms with Gasteiger partial charge in [-0.05, 0) is 57.0 Å². The van der Waals surface area contributed by atoms with Crippen LogP contribution in [0.3, 0.4) is 0 Å². The lowest BCUT2D eigenvalue weighted by Crippen LogP contribution is -2.45. The molecule has 0 bridgehead atoms. The predicted octanol–water partition coefficient (Wildman–Crippen LogP) is 4.52. The number of aromatic nitrogens is 6. The Kier molecular flexibility index (Phi) is 6.96. The minimum atomic E-state index is -0.855. The Labute approximate surface area is 252 Å². The van der Waals surface area contributed by atoms with Gasteiger partial charge in [-0.2, -0.15) is 4.68 Å². The van der Waals surface area contributed by atoms with Crippen molar-refractivity contribution in [3.63, 3.8) is 0 Å². The van der Waals surface area contributed by atoms with Crippen LogP contribution >= 0.6 is 11.6 Å². The number of imidazole rings is 1. The number of fused-ring (bicyclic) bond motifs is 2. The summed E-state index contributed by atoms with van der Waals surface area (Å²) in [5.74, 6) is 0.140. The molecule has 0 radical (unpaired) electrons. The van der Waals surface area contributed by atoms with Gasteiger partial charge in [0, 0.05) is 42.4 Å². The number of hydrogen-bond donors (Lipinski definition) is 0. The molecule has 0 N–H and O–H groups in total. The first-order valence-corrected chi connectivity index (χ1v) is 14.2. The Hall–Kier alpha value is -5.22. The van der Waals surface area contributed by atoms with Crippen LogP contribution in [-0.2, 0) is 29.1 Å². The van der Waals surface area contributed by atoms with Crippen molar-refractivity contribution in [3.8, 4) is 16.9 Å². The molecule has 10 nitrogen and oxygen atoms in total. The fourth-order valence-electron chi connectivity index (χ4n) is 5.68. The van der Waals surface area contributed by atoms with Gasteiger partial charge in [-0.15, -0.1) is 5.10 Å². The van der Waals surface area contributed by atoms with Gasteiger partial charge in [-0.25, -0.2) is 4.98 Å². The highest BCUT2D eigenvalue weighted by atomic mass is 35.5. The molecule has 1 amide bonds. The number of halogens is 1. The summed E-state index contributed by atoms with van der Waals surface area (Å²) < 4.78 is 3.55. The molecule has 2 aliphatic heterocycles. The summed E-state index contributed by atoms with van der Waals surface area (Å²) >= 11 is 6.27. The summed E-state index contributed by atoms with van der Waals surface area (Å²) in [6.07, 6.45) is 8.40. The molecule has 0 saturated carbocycles. The maximum Gasteiger partial charge on any atom is 0.247 e. The van der Waals surface area contributed by atoms with Crippen LogP contribution < -0.4 is 0 Å². The van der Waals surface area contributed by atoms with Gasteiger partial charge in [0.15, 0.2) is 5.78 Å². The van der Waals surface area contributed by atoms with E-state index in [9.17, 15) is 9.59 Å². The average Bonchev–Trinajstić information content (AvgIpc) is 3.81. The monoisotopic (exact) mass is 588 g/mol. The van der Waals surface area contributed by atoms with Gasteiger partial charge < -0.3 is 9.47 Å². The molecule has 2 aromatic heterocycles. The van der Waals surface area contributed by atoms with Crippen LogP contribution in [0.15, 0.2) is 90.3 Å². The Bertz CT molecular complexity index is 1900. The average molecular weight is 589 g/mol. The summed E-state index contributed by atoms with van der Waals surface area (Å²) in [5.41, 5.74) is 6.28. The first-order chi connectivity index (χ1) is 21.0. The number of amides is 1. The molecular formula is C32H25ClN8O2. The van der Waals surface area contributed by atoms with Gasteiger partial charge >= 0.3 is 0 Å². The summed E-state index contributed by atoms with van der Waals surface area (Å²) in [7, 11) is 0. The fraction of sp³-hybridized carbons (Fsp3) is 0.156. The summed E-state index contributed by atoms with van der Waals surface area (Å²) in [6, 6.07) is 20.3. The zero-order chi connectivity index (χ0) is 29.3. The minimum absolute atomic E-state index is 0.107. The van der Waals surface area contributed by atoms with Gasteiger partial charge in [0.1, 0.15) is 18.2 Å². The zero-order valence-corrected chi connectivity index (χ0v) is 23.7. The number of aliphatic imine (C=N–C) groups is 1. The third-order valence-corrected chi connectivity index (χ3v) is 7.97. The van der Waals surface area contributed by atoms with Crippen molar-refractivity contribution in [2.24, 2.45) is 4.99 Å². The number of hydrogen-bond acceptors (Lipinski definition) is 7. The molecule has 212 valence electrons. The largest absolute Gasteiger partial charge is 0.324 e. The lowest BCUT2D eigenvalue weighted by molar-refractivity contribution is -0.137. The van der Waals surface area contributed by atoms with Crippen LogP contribution in [0.25, 0.3) is 23.0 Å². The van der Waals surface area contributed by atoms with Crippen LogP contribution in [0.2, 0.25) is 5.02 Å². The molecule has 0 fully saturated rings. The molecule has 5 aromatic rings. The van der Waals surface area contributed by atoms with E-state index in [0.717, 1.165) is 27.9 Å². The Morgan fingerprint density at radius 1 is 1.02 bits per heavy atom. The molecule has 1 atom stereocenters. The molecule has 0 aliphatic carbocycles. The van der Waals surface area contributed by atoms with Crippen LogP contribution in [0, 0.1) is 0 Å². The van der Waals surface area contributed by atoms with Crippen molar-refractivity contribution >= 4 is 35.6 Å². The minimum Gasteiger partial charge on any atom is -0.324 e. The van der Waals surface area contributed by atoms with Crippen molar-refractivity contribution in [1.82, 2.24) is 34.7 Å². The van der Waals surface area contributed by atoms with E-state index in [0.29, 0.717) is 41.7 Å². The molecule has 2 aliphatic rings. The number of carbonyl (C=O) groups excluding carboxylic acids is 2. The third-order valence-electron chi connectivity index (χ3n) is 7.73. The molecule has 3 aromatic carbocycles. The highest BCUT2D eigenvalue weighted by Gasteiger charge is 2.37. The van der Waals surface area contributed by atoms with Crippen LogP contribution in [0.1, 0.15) is 34.1 Å². The smallest absolute Gasteiger partial charge is 0.247 e. The molecule has 1 unspecified atom stereocenters. The lowest BCUT2D eigenvalue weighted by atomic mass is 9.97. The van der Waals surface area contributed by atoms with Gasteiger partial charge in [-0.3, -0.25) is 14.6 Å². The van der Waals surface area contributed by atoms with Gasteiger partial charge in [0.25, 0.3) is 0 Å². The van der Waals surface area contributed by atoms with E-state index in [1.165, 1.54) is 17.1 Å². The quantitative estimate of drug-likeness (QED) is 0.259. The van der Waals surface area contributed by atoms with E-state index < -0.39 is 6.04 Å². The lowest BCUT2D eigenvalue weighted by Gasteiger charge is -2.35. The third kappa shape index (κ3) is 5.17. The van der Waals surface area contributed by atoms with Gasteiger partial charge in [0.2, 0.25) is 5.91 Å². The van der Waals surface area contributed by atoms with E-state index in [1.807, 2.05) is 54.7 Å². The summed E-state index contributed by atoms with van der Waals surface area (Å²) in [5, 5.41) is 11.9. The second-order valence-electron chi connectivity index (χ2n) is 10.4. The van der Waals surface area contributed by atoms with E-state index in [2.05, 4.69) is 25.1 Å². The van der Waals surface area contributed by atoms with Gasteiger partial charge in [-0.1, -0.05) is 60.1 Å². The van der Waals surface area contributed by atoms with Crippen LogP contribution in [0.5, 0.6) is 0 Å². The number of tetrazole rings is 1.